The molecule has 0 radical (unpaired) electrons. The Balaban J connectivity index is 2.79. The summed E-state index contributed by atoms with van der Waals surface area (Å²) >= 11 is 3.24. The van der Waals surface area contributed by atoms with Gasteiger partial charge in [-0.25, -0.2) is 0 Å². The van der Waals surface area contributed by atoms with Crippen molar-refractivity contribution in [2.75, 3.05) is 0 Å². The van der Waals surface area contributed by atoms with Crippen LogP contribution in [0.4, 0.5) is 0 Å². The van der Waals surface area contributed by atoms with Crippen LogP contribution in [0.1, 0.15) is 5.56 Å². The standard InChI is InChI=1S/C7H7BrN2O/c8-6-1-5(2-7(9)11)3-10-4-6/h1,3-4H,2H2,(H2,9,11). The molecule has 1 rings (SSSR count). The van der Waals surface area contributed by atoms with Crippen molar-refractivity contribution in [2.24, 2.45) is 5.73 Å². The van der Waals surface area contributed by atoms with E-state index in [9.17, 15) is 4.79 Å². The van der Waals surface area contributed by atoms with Crippen molar-refractivity contribution in [1.82, 2.24) is 4.98 Å². The van der Waals surface area contributed by atoms with Crippen molar-refractivity contribution < 1.29 is 4.79 Å². The van der Waals surface area contributed by atoms with Crippen LogP contribution in [0.25, 0.3) is 0 Å². The molecule has 0 fully saturated rings. The van der Waals surface area contributed by atoms with Gasteiger partial charge in [0.1, 0.15) is 0 Å². The van der Waals surface area contributed by atoms with E-state index in [0.717, 1.165) is 10.0 Å². The summed E-state index contributed by atoms with van der Waals surface area (Å²) in [7, 11) is 0. The first-order chi connectivity index (χ1) is 5.18. The van der Waals surface area contributed by atoms with Gasteiger partial charge >= 0.3 is 0 Å². The van der Waals surface area contributed by atoms with Crippen LogP contribution in [0.2, 0.25) is 0 Å². The van der Waals surface area contributed by atoms with Gasteiger partial charge in [0.25, 0.3) is 0 Å². The molecular weight excluding hydrogens is 208 g/mol. The quantitative estimate of drug-likeness (QED) is 0.795. The summed E-state index contributed by atoms with van der Waals surface area (Å²) in [6.45, 7) is 0. The number of pyridine rings is 1. The Kier molecular flexibility index (Phi) is 2.59. The van der Waals surface area contributed by atoms with E-state index in [1.165, 1.54) is 0 Å². The van der Waals surface area contributed by atoms with Crippen molar-refractivity contribution in [3.63, 3.8) is 0 Å². The van der Waals surface area contributed by atoms with Crippen molar-refractivity contribution in [2.45, 2.75) is 6.42 Å². The average Bonchev–Trinajstić information content (AvgIpc) is 1.85. The summed E-state index contributed by atoms with van der Waals surface area (Å²) in [5, 5.41) is 0. The Bertz CT molecular complexity index is 275. The van der Waals surface area contributed by atoms with Crippen LogP contribution < -0.4 is 5.73 Å². The summed E-state index contributed by atoms with van der Waals surface area (Å²) in [6, 6.07) is 1.82. The Labute approximate surface area is 72.7 Å². The van der Waals surface area contributed by atoms with Gasteiger partial charge < -0.3 is 5.73 Å². The summed E-state index contributed by atoms with van der Waals surface area (Å²) in [5.41, 5.74) is 5.82. The van der Waals surface area contributed by atoms with E-state index in [4.69, 9.17) is 5.73 Å². The van der Waals surface area contributed by atoms with Crippen LogP contribution >= 0.6 is 15.9 Å². The molecule has 1 aromatic heterocycles. The number of hydrogen-bond donors (Lipinski definition) is 1. The van der Waals surface area contributed by atoms with E-state index in [2.05, 4.69) is 20.9 Å². The second kappa shape index (κ2) is 3.48. The Morgan fingerprint density at radius 1 is 1.64 bits per heavy atom. The zero-order valence-electron chi connectivity index (χ0n) is 5.75. The molecule has 2 N–H and O–H groups in total. The van der Waals surface area contributed by atoms with Gasteiger partial charge in [-0.05, 0) is 27.6 Å². The predicted molar refractivity (Wildman–Crippen MR) is 44.8 cm³/mol. The summed E-state index contributed by atoms with van der Waals surface area (Å²) in [4.78, 5) is 14.3. The van der Waals surface area contributed by atoms with Crippen molar-refractivity contribution in [3.8, 4) is 0 Å². The molecule has 1 amide bonds. The Hall–Kier alpha value is -0.900. The molecule has 1 aromatic rings. The number of nitrogens with zero attached hydrogens (tertiary/aromatic N) is 1. The lowest BCUT2D eigenvalue weighted by molar-refractivity contribution is -0.117. The lowest BCUT2D eigenvalue weighted by Gasteiger charge is -1.95. The van der Waals surface area contributed by atoms with E-state index in [-0.39, 0.29) is 12.3 Å². The monoisotopic (exact) mass is 214 g/mol. The number of amides is 1. The molecule has 0 aliphatic carbocycles. The number of nitrogens with two attached hydrogens (primary N) is 1. The molecule has 0 saturated heterocycles. The highest BCUT2D eigenvalue weighted by Gasteiger charge is 1.98. The molecule has 4 heteroatoms. The number of hydrogen-bond acceptors (Lipinski definition) is 2. The van der Waals surface area contributed by atoms with Gasteiger partial charge in [0, 0.05) is 16.9 Å². The summed E-state index contributed by atoms with van der Waals surface area (Å²) < 4.78 is 0.858. The molecule has 0 bridgehead atoms. The molecule has 3 nitrogen and oxygen atoms in total. The first-order valence-electron chi connectivity index (χ1n) is 3.06. The van der Waals surface area contributed by atoms with Crippen LogP contribution in [-0.2, 0) is 11.2 Å². The van der Waals surface area contributed by atoms with Crippen molar-refractivity contribution in [3.05, 3.63) is 28.5 Å². The van der Waals surface area contributed by atoms with E-state index in [1.807, 2.05) is 6.07 Å². The third kappa shape index (κ3) is 2.67. The maximum absolute atomic E-state index is 10.5. The topological polar surface area (TPSA) is 56.0 Å². The van der Waals surface area contributed by atoms with Gasteiger partial charge in [0.05, 0.1) is 6.42 Å². The number of carbonyl (C=O) groups excluding carboxylic acids is 1. The number of aromatic nitrogens is 1. The fourth-order valence-corrected chi connectivity index (χ4v) is 1.17. The maximum atomic E-state index is 10.5. The minimum atomic E-state index is -0.343. The predicted octanol–water partition coefficient (Wildman–Crippen LogP) is 0.872. The summed E-state index contributed by atoms with van der Waals surface area (Å²) in [6.07, 6.45) is 3.52. The summed E-state index contributed by atoms with van der Waals surface area (Å²) in [5.74, 6) is -0.343. The zero-order valence-corrected chi connectivity index (χ0v) is 7.34. The highest BCUT2D eigenvalue weighted by atomic mass is 79.9. The normalized spacial score (nSPS) is 9.55. The van der Waals surface area contributed by atoms with Gasteiger partial charge in [-0.1, -0.05) is 0 Å². The maximum Gasteiger partial charge on any atom is 0.221 e. The van der Waals surface area contributed by atoms with Crippen LogP contribution in [0.15, 0.2) is 22.9 Å². The molecule has 0 unspecified atom stereocenters. The zero-order chi connectivity index (χ0) is 8.27. The van der Waals surface area contributed by atoms with E-state index < -0.39 is 0 Å². The Morgan fingerprint density at radius 3 is 2.91 bits per heavy atom. The number of primary amides is 1. The molecule has 1 heterocycles. The smallest absolute Gasteiger partial charge is 0.221 e. The largest absolute Gasteiger partial charge is 0.369 e. The molecule has 0 spiro atoms. The first-order valence-corrected chi connectivity index (χ1v) is 3.85. The van der Waals surface area contributed by atoms with E-state index >= 15 is 0 Å². The van der Waals surface area contributed by atoms with Crippen molar-refractivity contribution in [1.29, 1.82) is 0 Å². The number of halogens is 1. The third-order valence-corrected chi connectivity index (χ3v) is 1.57. The van der Waals surface area contributed by atoms with Crippen molar-refractivity contribution >= 4 is 21.8 Å². The molecule has 58 valence electrons. The second-order valence-corrected chi connectivity index (χ2v) is 3.07. The van der Waals surface area contributed by atoms with Crippen LogP contribution in [0, 0.1) is 0 Å². The third-order valence-electron chi connectivity index (χ3n) is 1.14. The average molecular weight is 215 g/mol. The van der Waals surface area contributed by atoms with E-state index in [0.29, 0.717) is 0 Å². The minimum Gasteiger partial charge on any atom is -0.369 e. The SMILES string of the molecule is NC(=O)Cc1cncc(Br)c1. The molecule has 0 aliphatic heterocycles. The first kappa shape index (κ1) is 8.20. The van der Waals surface area contributed by atoms with Crippen LogP contribution in [0.5, 0.6) is 0 Å². The van der Waals surface area contributed by atoms with Gasteiger partial charge in [-0.2, -0.15) is 0 Å². The van der Waals surface area contributed by atoms with Crippen LogP contribution in [0.3, 0.4) is 0 Å². The minimum absolute atomic E-state index is 0.242. The molecule has 0 saturated carbocycles. The Morgan fingerprint density at radius 2 is 2.36 bits per heavy atom. The number of rotatable bonds is 2. The molecule has 0 atom stereocenters. The van der Waals surface area contributed by atoms with Gasteiger partial charge in [-0.3, -0.25) is 9.78 Å². The van der Waals surface area contributed by atoms with E-state index in [1.54, 1.807) is 12.4 Å². The number of carbonyl (C=O) groups is 1. The van der Waals surface area contributed by atoms with Gasteiger partial charge in [0.15, 0.2) is 0 Å². The molecule has 11 heavy (non-hydrogen) atoms. The molecule has 0 aromatic carbocycles. The lowest BCUT2D eigenvalue weighted by atomic mass is 10.2. The molecule has 0 aliphatic rings. The van der Waals surface area contributed by atoms with Gasteiger partial charge in [-0.15, -0.1) is 0 Å². The van der Waals surface area contributed by atoms with Gasteiger partial charge in [0.2, 0.25) is 5.91 Å². The lowest BCUT2D eigenvalue weighted by Crippen LogP contribution is -2.13. The highest BCUT2D eigenvalue weighted by Crippen LogP contribution is 2.09. The molecular formula is C7H7BrN2O. The highest BCUT2D eigenvalue weighted by molar-refractivity contribution is 9.10. The second-order valence-electron chi connectivity index (χ2n) is 2.15. The van der Waals surface area contributed by atoms with Crippen LogP contribution in [-0.4, -0.2) is 10.9 Å². The fraction of sp³-hybridized carbons (Fsp3) is 0.143. The fourth-order valence-electron chi connectivity index (χ4n) is 0.754.